The number of furan rings is 1. The third-order valence-electron chi connectivity index (χ3n) is 12.7. The molecule has 0 spiro atoms. The molecule has 0 bridgehead atoms. The van der Waals surface area contributed by atoms with E-state index in [9.17, 15) is 0 Å². The van der Waals surface area contributed by atoms with Gasteiger partial charge in [0.25, 0.3) is 0 Å². The van der Waals surface area contributed by atoms with Gasteiger partial charge < -0.3 is 4.42 Å². The van der Waals surface area contributed by atoms with Gasteiger partial charge in [-0.05, 0) is 96.2 Å². The molecule has 10 aromatic carbocycles. The van der Waals surface area contributed by atoms with Crippen molar-refractivity contribution in [3.05, 3.63) is 213 Å². The number of aromatic nitrogens is 3. The maximum absolute atomic E-state index is 6.02. The molecule has 0 atom stereocenters. The Morgan fingerprint density at radius 3 is 1.76 bits per heavy atom. The van der Waals surface area contributed by atoms with E-state index in [1.807, 2.05) is 30.3 Å². The molecule has 0 radical (unpaired) electrons. The van der Waals surface area contributed by atoms with Crippen molar-refractivity contribution in [3.63, 3.8) is 0 Å². The Balaban J connectivity index is 1.14. The zero-order valence-electron chi connectivity index (χ0n) is 33.5. The highest BCUT2D eigenvalue weighted by Gasteiger charge is 2.21. The lowest BCUT2D eigenvalue weighted by Crippen LogP contribution is -2.02. The van der Waals surface area contributed by atoms with E-state index in [0.29, 0.717) is 5.82 Å². The summed E-state index contributed by atoms with van der Waals surface area (Å²) in [6, 6.07) is 73.9. The monoisotopic (exact) mass is 789 g/mol. The highest BCUT2D eigenvalue weighted by Crippen LogP contribution is 2.44. The summed E-state index contributed by atoms with van der Waals surface area (Å²) < 4.78 is 8.37. The molecule has 4 nitrogen and oxygen atoms in total. The number of hydrogen-bond donors (Lipinski definition) is 0. The molecule has 4 heteroatoms. The van der Waals surface area contributed by atoms with E-state index in [-0.39, 0.29) is 0 Å². The molecular weight excluding hydrogens is 755 g/mol. The Morgan fingerprint density at radius 1 is 0.339 bits per heavy atom. The molecule has 0 amide bonds. The van der Waals surface area contributed by atoms with Gasteiger partial charge in [-0.25, -0.2) is 9.97 Å². The fourth-order valence-corrected chi connectivity index (χ4v) is 9.77. The van der Waals surface area contributed by atoms with Gasteiger partial charge in [0.15, 0.2) is 5.82 Å². The van der Waals surface area contributed by atoms with Crippen molar-refractivity contribution in [2.75, 3.05) is 0 Å². The lowest BCUT2D eigenvalue weighted by atomic mass is 9.91. The molecule has 13 rings (SSSR count). The van der Waals surface area contributed by atoms with Crippen molar-refractivity contribution in [2.24, 2.45) is 0 Å². The van der Waals surface area contributed by atoms with Crippen molar-refractivity contribution in [3.8, 4) is 50.7 Å². The molecule has 13 aromatic rings. The Hall–Kier alpha value is -8.34. The van der Waals surface area contributed by atoms with Crippen LogP contribution in [0.5, 0.6) is 0 Å². The van der Waals surface area contributed by atoms with Gasteiger partial charge in [0.05, 0.1) is 23.0 Å². The van der Waals surface area contributed by atoms with Crippen LogP contribution in [-0.2, 0) is 0 Å². The van der Waals surface area contributed by atoms with Gasteiger partial charge in [0, 0.05) is 38.9 Å². The summed E-state index contributed by atoms with van der Waals surface area (Å²) in [7, 11) is 0. The minimum absolute atomic E-state index is 0.681. The van der Waals surface area contributed by atoms with Crippen LogP contribution in [0.2, 0.25) is 0 Å². The third-order valence-corrected chi connectivity index (χ3v) is 12.7. The van der Waals surface area contributed by atoms with Gasteiger partial charge in [-0.3, -0.25) is 4.57 Å². The minimum atomic E-state index is 0.681. The summed E-state index contributed by atoms with van der Waals surface area (Å²) in [4.78, 5) is 10.6. The fourth-order valence-electron chi connectivity index (χ4n) is 9.77. The highest BCUT2D eigenvalue weighted by atomic mass is 16.3. The standard InChI is InChI=1S/C58H35N3O/c1-3-14-37(15-4-1)53-35-56(60-58(59-53)39-16-5-2-6-17-39)61-54-28-26-40(43-23-11-18-36-13-7-8-20-42(36)43)32-51(54)52-33-49-46-22-10-9-21-45(46)48-31-41(25-27-47(48)50(49)34-55(52)61)44-24-12-19-38-29-30-62-57(38)44/h1-35H. The maximum atomic E-state index is 6.02. The Morgan fingerprint density at radius 2 is 0.935 bits per heavy atom. The van der Waals surface area contributed by atoms with Gasteiger partial charge in [0.1, 0.15) is 11.4 Å². The minimum Gasteiger partial charge on any atom is -0.464 e. The normalized spacial score (nSPS) is 11.9. The predicted molar refractivity (Wildman–Crippen MR) is 258 cm³/mol. The average Bonchev–Trinajstić information content (AvgIpc) is 3.96. The molecular formula is C58H35N3O. The largest absolute Gasteiger partial charge is 0.464 e. The van der Waals surface area contributed by atoms with Gasteiger partial charge in [-0.15, -0.1) is 0 Å². The third kappa shape index (κ3) is 5.33. The van der Waals surface area contributed by atoms with E-state index >= 15 is 0 Å². The number of hydrogen-bond acceptors (Lipinski definition) is 3. The molecule has 3 aromatic heterocycles. The molecule has 0 N–H and O–H groups in total. The van der Waals surface area contributed by atoms with E-state index in [4.69, 9.17) is 14.4 Å². The van der Waals surface area contributed by atoms with Crippen molar-refractivity contribution < 1.29 is 4.42 Å². The second-order valence-corrected chi connectivity index (χ2v) is 16.1. The van der Waals surface area contributed by atoms with Crippen LogP contribution < -0.4 is 0 Å². The number of fused-ring (bicyclic) bond motifs is 11. The molecule has 0 unspecified atom stereocenters. The Kier molecular flexibility index (Phi) is 7.57. The smallest absolute Gasteiger partial charge is 0.162 e. The molecule has 0 fully saturated rings. The van der Waals surface area contributed by atoms with Crippen LogP contribution in [0.4, 0.5) is 0 Å². The van der Waals surface area contributed by atoms with Crippen LogP contribution in [0.25, 0.3) is 127 Å². The predicted octanol–water partition coefficient (Wildman–Crippen LogP) is 15.6. The SMILES string of the molecule is c1ccc(-c2cc(-n3c4ccc(-c5cccc6ccccc56)cc4c4cc5c6ccccc6c6cc(-c7cccc8ccoc78)ccc6c5cc43)nc(-c3ccccc3)n2)cc1. The molecule has 0 aliphatic rings. The second kappa shape index (κ2) is 13.6. The lowest BCUT2D eigenvalue weighted by molar-refractivity contribution is 0.617. The Labute approximate surface area is 356 Å². The van der Waals surface area contributed by atoms with Crippen LogP contribution in [0.15, 0.2) is 217 Å². The molecule has 0 aliphatic heterocycles. The average molecular weight is 790 g/mol. The number of para-hydroxylation sites is 1. The number of rotatable bonds is 5. The molecule has 0 saturated carbocycles. The maximum Gasteiger partial charge on any atom is 0.162 e. The Bertz CT molecular complexity index is 3860. The van der Waals surface area contributed by atoms with Crippen LogP contribution in [-0.4, -0.2) is 14.5 Å². The first-order valence-electron chi connectivity index (χ1n) is 21.0. The molecule has 0 saturated heterocycles. The highest BCUT2D eigenvalue weighted by molar-refractivity contribution is 6.29. The quantitative estimate of drug-likeness (QED) is 0.163. The summed E-state index contributed by atoms with van der Waals surface area (Å²) in [6.45, 7) is 0. The summed E-state index contributed by atoms with van der Waals surface area (Å²) in [5.41, 5.74) is 10.5. The summed E-state index contributed by atoms with van der Waals surface area (Å²) in [6.07, 6.45) is 1.77. The number of benzene rings is 10. The lowest BCUT2D eigenvalue weighted by Gasteiger charge is -2.14. The van der Waals surface area contributed by atoms with Gasteiger partial charge in [-0.2, -0.15) is 0 Å². The zero-order valence-corrected chi connectivity index (χ0v) is 33.5. The van der Waals surface area contributed by atoms with E-state index in [2.05, 4.69) is 180 Å². The molecule has 0 aliphatic carbocycles. The van der Waals surface area contributed by atoms with Crippen molar-refractivity contribution >= 4 is 75.9 Å². The van der Waals surface area contributed by atoms with Crippen molar-refractivity contribution in [1.82, 2.24) is 14.5 Å². The van der Waals surface area contributed by atoms with Gasteiger partial charge in [-0.1, -0.05) is 164 Å². The first kappa shape index (κ1) is 34.5. The molecule has 288 valence electrons. The topological polar surface area (TPSA) is 43.9 Å². The summed E-state index contributed by atoms with van der Waals surface area (Å²) in [5.74, 6) is 1.49. The van der Waals surface area contributed by atoms with E-state index in [1.165, 1.54) is 65.0 Å². The second-order valence-electron chi connectivity index (χ2n) is 16.1. The van der Waals surface area contributed by atoms with Crippen LogP contribution in [0.3, 0.4) is 0 Å². The number of nitrogens with zero attached hydrogens (tertiary/aromatic N) is 3. The molecule has 62 heavy (non-hydrogen) atoms. The molecule has 3 heterocycles. The van der Waals surface area contributed by atoms with Crippen molar-refractivity contribution in [2.45, 2.75) is 0 Å². The summed E-state index contributed by atoms with van der Waals surface area (Å²) >= 11 is 0. The first-order valence-corrected chi connectivity index (χ1v) is 21.0. The van der Waals surface area contributed by atoms with E-state index in [1.54, 1.807) is 6.26 Å². The fraction of sp³-hybridized carbons (Fsp3) is 0. The zero-order chi connectivity index (χ0) is 40.7. The van der Waals surface area contributed by atoms with E-state index in [0.717, 1.165) is 55.8 Å². The van der Waals surface area contributed by atoms with Crippen LogP contribution in [0, 0.1) is 0 Å². The van der Waals surface area contributed by atoms with Crippen LogP contribution in [0.1, 0.15) is 0 Å². The van der Waals surface area contributed by atoms with Gasteiger partial charge >= 0.3 is 0 Å². The summed E-state index contributed by atoms with van der Waals surface area (Å²) in [5, 5.41) is 13.1. The van der Waals surface area contributed by atoms with E-state index < -0.39 is 0 Å². The van der Waals surface area contributed by atoms with Crippen molar-refractivity contribution in [1.29, 1.82) is 0 Å². The first-order chi connectivity index (χ1) is 30.7. The van der Waals surface area contributed by atoms with Crippen LogP contribution >= 0.6 is 0 Å². The van der Waals surface area contributed by atoms with Gasteiger partial charge in [0.2, 0.25) is 0 Å².